The molecule has 6 atom stereocenters. The first kappa shape index (κ1) is 28.5. The quantitative estimate of drug-likeness (QED) is 0.224. The van der Waals surface area contributed by atoms with Gasteiger partial charge in [0.2, 0.25) is 0 Å². The van der Waals surface area contributed by atoms with Gasteiger partial charge in [-0.25, -0.2) is 18.6 Å². The summed E-state index contributed by atoms with van der Waals surface area (Å²) in [4.78, 5) is 0. The molecule has 0 aromatic carbocycles. The maximum Gasteiger partial charge on any atom is 0 e. The zero-order valence-electron chi connectivity index (χ0n) is 25.1. The van der Waals surface area contributed by atoms with Crippen LogP contribution in [0.25, 0.3) is 0 Å². The molecule has 5 rings (SSSR count). The Balaban J connectivity index is 0.00000289. The van der Waals surface area contributed by atoms with Gasteiger partial charge in [0.25, 0.3) is 0 Å². The van der Waals surface area contributed by atoms with Crippen molar-refractivity contribution < 1.29 is 32.7 Å². The molecule has 35 heavy (non-hydrogen) atoms. The van der Waals surface area contributed by atoms with E-state index in [4.69, 9.17) is 0 Å². The smallest absolute Gasteiger partial charge is 0 e. The normalized spacial score (nSPS) is 47.3. The summed E-state index contributed by atoms with van der Waals surface area (Å²) < 4.78 is 0. The van der Waals surface area contributed by atoms with Crippen LogP contribution < -0.4 is 0 Å². The van der Waals surface area contributed by atoms with Gasteiger partial charge in [-0.2, -0.15) is 0 Å². The van der Waals surface area contributed by atoms with E-state index in [-0.39, 0.29) is 38.1 Å². The molecule has 0 N–H and O–H groups in total. The maximum atomic E-state index is 4.52. The Morgan fingerprint density at radius 3 is 2.09 bits per heavy atom. The number of fused-ring (bicyclic) bond motifs is 6. The van der Waals surface area contributed by atoms with Crippen molar-refractivity contribution in [1.29, 1.82) is 0 Å². The average molecular weight is 553 g/mol. The van der Waals surface area contributed by atoms with Crippen molar-refractivity contribution in [3.8, 4) is 0 Å². The van der Waals surface area contributed by atoms with E-state index in [1.807, 2.05) is 11.1 Å². The second-order valence-corrected chi connectivity index (χ2v) is 16.1. The summed E-state index contributed by atoms with van der Waals surface area (Å²) in [6.07, 6.45) is 16.3. The van der Waals surface area contributed by atoms with Crippen molar-refractivity contribution in [3.63, 3.8) is 0 Å². The van der Waals surface area contributed by atoms with Crippen LogP contribution in [0.4, 0.5) is 0 Å². The first-order valence-corrected chi connectivity index (χ1v) is 14.8. The molecular formula is C34H55Y-. The third-order valence-corrected chi connectivity index (χ3v) is 14.6. The first-order chi connectivity index (χ1) is 15.5. The van der Waals surface area contributed by atoms with Gasteiger partial charge < -0.3 is 0 Å². The fraction of sp³-hybridized carbons (Fsp3) is 0.853. The fourth-order valence-electron chi connectivity index (χ4n) is 11.2. The van der Waals surface area contributed by atoms with Gasteiger partial charge in [0.15, 0.2) is 0 Å². The number of hydrogen-bond donors (Lipinski definition) is 0. The Labute approximate surface area is 244 Å². The predicted molar refractivity (Wildman–Crippen MR) is 147 cm³/mol. The van der Waals surface area contributed by atoms with Crippen LogP contribution in [0.15, 0.2) is 22.8 Å². The summed E-state index contributed by atoms with van der Waals surface area (Å²) in [5.74, 6) is 1.60. The van der Waals surface area contributed by atoms with Crippen molar-refractivity contribution in [3.05, 3.63) is 29.7 Å². The van der Waals surface area contributed by atoms with Gasteiger partial charge >= 0.3 is 0 Å². The van der Waals surface area contributed by atoms with Gasteiger partial charge in [0.1, 0.15) is 0 Å². The van der Waals surface area contributed by atoms with E-state index >= 15 is 0 Å². The summed E-state index contributed by atoms with van der Waals surface area (Å²) in [6, 6.07) is 0. The molecule has 0 aliphatic heterocycles. The minimum Gasteiger partial charge on any atom is -0.241 e. The van der Waals surface area contributed by atoms with Gasteiger partial charge in [-0.15, -0.1) is 0 Å². The summed E-state index contributed by atoms with van der Waals surface area (Å²) >= 11 is 0. The van der Waals surface area contributed by atoms with E-state index in [9.17, 15) is 0 Å². The van der Waals surface area contributed by atoms with E-state index in [1.165, 1.54) is 69.8 Å². The van der Waals surface area contributed by atoms with Gasteiger partial charge in [0.05, 0.1) is 0 Å². The molecule has 1 heteroatoms. The Bertz CT molecular complexity index is 946. The fourth-order valence-corrected chi connectivity index (χ4v) is 11.2. The zero-order valence-corrected chi connectivity index (χ0v) is 27.9. The van der Waals surface area contributed by atoms with Gasteiger partial charge in [-0.3, -0.25) is 0 Å². The predicted octanol–water partition coefficient (Wildman–Crippen LogP) is 10.3. The van der Waals surface area contributed by atoms with E-state index in [0.29, 0.717) is 32.5 Å². The zero-order chi connectivity index (χ0) is 25.2. The molecule has 5 unspecified atom stereocenters. The number of rotatable bonds is 1. The van der Waals surface area contributed by atoms with Crippen LogP contribution in [-0.2, 0) is 32.7 Å². The summed E-state index contributed by atoms with van der Waals surface area (Å²) in [6.45, 7) is 30.6. The van der Waals surface area contributed by atoms with E-state index in [1.54, 1.807) is 0 Å². The molecule has 0 aromatic heterocycles. The average Bonchev–Trinajstić information content (AvgIpc) is 2.74. The summed E-state index contributed by atoms with van der Waals surface area (Å²) in [7, 11) is 0. The van der Waals surface area contributed by atoms with Crippen LogP contribution in [0, 0.1) is 56.7 Å². The Morgan fingerprint density at radius 2 is 1.46 bits per heavy atom. The van der Waals surface area contributed by atoms with Crippen LogP contribution in [0.1, 0.15) is 133 Å². The molecule has 3 saturated carbocycles. The molecule has 0 bridgehead atoms. The topological polar surface area (TPSA) is 0 Å². The van der Waals surface area contributed by atoms with E-state index in [0.717, 1.165) is 11.8 Å². The molecule has 5 aliphatic carbocycles. The molecule has 5 aliphatic rings. The van der Waals surface area contributed by atoms with Gasteiger partial charge in [-0.05, 0) is 108 Å². The van der Waals surface area contributed by atoms with Crippen LogP contribution in [-0.4, -0.2) is 0 Å². The van der Waals surface area contributed by atoms with E-state index < -0.39 is 0 Å². The number of hydrogen-bond acceptors (Lipinski definition) is 0. The largest absolute Gasteiger partial charge is 0.241 e. The van der Waals surface area contributed by atoms with Crippen LogP contribution in [0.2, 0.25) is 0 Å². The second kappa shape index (κ2) is 8.23. The van der Waals surface area contributed by atoms with Gasteiger partial charge in [0, 0.05) is 32.7 Å². The summed E-state index contributed by atoms with van der Waals surface area (Å²) in [5, 5.41) is 0. The SMILES string of the molecule is [CH2-]C1=CCC2(C)C(CCC3(C)C2CCC2=C4C(C)(C)C(C)(C)CC[C@]4(CC)CCC23C)C1(C)C.[Y]. The molecule has 0 nitrogen and oxygen atoms in total. The molecule has 0 saturated heterocycles. The van der Waals surface area contributed by atoms with Crippen molar-refractivity contribution in [2.24, 2.45) is 49.7 Å². The van der Waals surface area contributed by atoms with Crippen molar-refractivity contribution in [1.82, 2.24) is 0 Å². The monoisotopic (exact) mass is 552 g/mol. The third kappa shape index (κ3) is 3.33. The molecule has 1 radical (unpaired) electrons. The Kier molecular flexibility index (Phi) is 6.69. The molecular weight excluding hydrogens is 497 g/mol. The van der Waals surface area contributed by atoms with Crippen molar-refractivity contribution in [2.45, 2.75) is 133 Å². The number of allylic oxidation sites excluding steroid dienone is 4. The second-order valence-electron chi connectivity index (χ2n) is 16.1. The molecule has 0 aromatic rings. The molecule has 0 heterocycles. The molecule has 0 amide bonds. The standard InChI is InChI=1S/C34H55.Y/c1-12-34-21-19-28(3,4)30(7,8)27(34)24-13-14-26-31(9)17-15-23(2)29(5,6)25(31)16-18-33(26,11)32(24,10)20-22-34;/h15,25-26H,2,12-14,16-22H2,1,3-11H3;/q-1;/t25?,26?,31?,32?,33?,34-;/m1./s1. The minimum absolute atomic E-state index is 0. The molecule has 3 fully saturated rings. The minimum atomic E-state index is 0. The molecule has 0 spiro atoms. The van der Waals surface area contributed by atoms with Gasteiger partial charge in [-0.1, -0.05) is 86.8 Å². The molecule has 195 valence electrons. The first-order valence-electron chi connectivity index (χ1n) is 14.8. The Hall–Kier alpha value is 0.454. The summed E-state index contributed by atoms with van der Waals surface area (Å²) in [5.41, 5.74) is 7.88. The van der Waals surface area contributed by atoms with E-state index in [2.05, 4.69) is 82.2 Å². The van der Waals surface area contributed by atoms with Crippen LogP contribution >= 0.6 is 0 Å². The van der Waals surface area contributed by atoms with Crippen LogP contribution in [0.5, 0.6) is 0 Å². The Morgan fingerprint density at radius 1 is 0.829 bits per heavy atom. The van der Waals surface area contributed by atoms with Crippen molar-refractivity contribution >= 4 is 0 Å². The third-order valence-electron chi connectivity index (χ3n) is 14.6. The van der Waals surface area contributed by atoms with Crippen molar-refractivity contribution in [2.75, 3.05) is 0 Å². The maximum absolute atomic E-state index is 4.52. The van der Waals surface area contributed by atoms with Crippen LogP contribution in [0.3, 0.4) is 0 Å².